The van der Waals surface area contributed by atoms with E-state index in [2.05, 4.69) is 20.1 Å². The van der Waals surface area contributed by atoms with Gasteiger partial charge in [-0.05, 0) is 49.7 Å². The van der Waals surface area contributed by atoms with E-state index in [-0.39, 0.29) is 45.0 Å². The number of halogens is 3. The molecule has 8 nitrogen and oxygen atoms in total. The van der Waals surface area contributed by atoms with E-state index >= 15 is 0 Å². The van der Waals surface area contributed by atoms with Crippen LogP contribution in [0.5, 0.6) is 0 Å². The Morgan fingerprint density at radius 3 is 2.50 bits per heavy atom. The summed E-state index contributed by atoms with van der Waals surface area (Å²) in [5.41, 5.74) is 7.57. The summed E-state index contributed by atoms with van der Waals surface area (Å²) in [4.78, 5) is 26.6. The number of aryl methyl sites for hydroxylation is 1. The van der Waals surface area contributed by atoms with Crippen LogP contribution in [0.1, 0.15) is 42.0 Å². The van der Waals surface area contributed by atoms with Crippen molar-refractivity contribution in [3.05, 3.63) is 65.7 Å². The van der Waals surface area contributed by atoms with Crippen LogP contribution in [-0.2, 0) is 6.18 Å². The maximum atomic E-state index is 13.5. The van der Waals surface area contributed by atoms with E-state index in [0.717, 1.165) is 11.6 Å². The summed E-state index contributed by atoms with van der Waals surface area (Å²) >= 11 is 0. The van der Waals surface area contributed by atoms with Crippen molar-refractivity contribution in [1.82, 2.24) is 24.7 Å². The molecule has 0 saturated carbocycles. The van der Waals surface area contributed by atoms with Gasteiger partial charge in [0.15, 0.2) is 0 Å². The average molecular weight is 518 g/mol. The highest BCUT2D eigenvalue weighted by Gasteiger charge is 2.36. The van der Waals surface area contributed by atoms with Crippen molar-refractivity contribution in [3.8, 4) is 22.6 Å². The quantitative estimate of drug-likeness (QED) is 0.388. The summed E-state index contributed by atoms with van der Waals surface area (Å²) < 4.78 is 41.2. The number of carbonyl (C=O) groups excluding carboxylic acids is 1. The number of nitrogen functional groups attached to an aromatic ring is 1. The lowest BCUT2D eigenvalue weighted by molar-refractivity contribution is -0.138. The first-order valence-electron chi connectivity index (χ1n) is 10.5. The second-order valence-corrected chi connectivity index (χ2v) is 8.23. The zero-order valence-electron chi connectivity index (χ0n) is 18.8. The van der Waals surface area contributed by atoms with Gasteiger partial charge in [0.05, 0.1) is 35.3 Å². The highest BCUT2D eigenvalue weighted by Crippen LogP contribution is 2.36. The van der Waals surface area contributed by atoms with E-state index in [0.29, 0.717) is 34.3 Å². The minimum atomic E-state index is -4.45. The number of fused-ring (bicyclic) bond motifs is 1. The number of aromatic amines is 1. The Kier molecular flexibility index (Phi) is 7.21. The van der Waals surface area contributed by atoms with E-state index in [4.69, 9.17) is 5.73 Å². The molecule has 0 saturated heterocycles. The van der Waals surface area contributed by atoms with Gasteiger partial charge in [-0.3, -0.25) is 9.48 Å². The molecule has 4 heterocycles. The van der Waals surface area contributed by atoms with Crippen LogP contribution in [-0.4, -0.2) is 37.2 Å². The number of hydrogen-bond acceptors (Lipinski definition) is 5. The van der Waals surface area contributed by atoms with Crippen molar-refractivity contribution in [2.24, 2.45) is 0 Å². The number of amides is 1. The number of alkyl halides is 3. The molecule has 0 spiro atoms. The number of nitrogens with zero attached hydrogens (tertiary/aromatic N) is 5. The van der Waals surface area contributed by atoms with Crippen molar-refractivity contribution in [2.45, 2.75) is 33.5 Å². The molecule has 4 aromatic rings. The first-order chi connectivity index (χ1) is 16.1. The Bertz CT molecular complexity index is 1400. The summed E-state index contributed by atoms with van der Waals surface area (Å²) in [6, 6.07) is 6.98. The number of anilines is 2. The van der Waals surface area contributed by atoms with Gasteiger partial charge in [-0.2, -0.15) is 31.8 Å². The third-order valence-corrected chi connectivity index (χ3v) is 5.86. The number of carbonyl (C=O) groups is 1. The third kappa shape index (κ3) is 4.55. The van der Waals surface area contributed by atoms with Crippen LogP contribution in [0.25, 0.3) is 22.6 Å². The smallest absolute Gasteiger partial charge is 0.384 e. The second kappa shape index (κ2) is 9.69. The fourth-order valence-corrected chi connectivity index (χ4v) is 4.17. The normalized spacial score (nSPS) is 15.2. The number of nitrogens with two attached hydrogens (primary N) is 1. The topological polar surface area (TPSA) is 106 Å². The van der Waals surface area contributed by atoms with Gasteiger partial charge in [-0.25, -0.2) is 9.97 Å². The van der Waals surface area contributed by atoms with Crippen LogP contribution in [0.2, 0.25) is 0 Å². The van der Waals surface area contributed by atoms with E-state index in [9.17, 15) is 18.0 Å². The molecular formula is C24H26F3N7OS. The van der Waals surface area contributed by atoms with Crippen LogP contribution < -0.4 is 10.6 Å². The lowest BCUT2D eigenvalue weighted by atomic mass is 10.0. The molecule has 1 amide bonds. The lowest BCUT2D eigenvalue weighted by Crippen LogP contribution is -2.42. The van der Waals surface area contributed by atoms with Crippen molar-refractivity contribution >= 4 is 30.9 Å². The van der Waals surface area contributed by atoms with Crippen LogP contribution in [0, 0.1) is 6.92 Å². The fourth-order valence-electron chi connectivity index (χ4n) is 4.17. The first-order valence-corrected chi connectivity index (χ1v) is 10.5. The van der Waals surface area contributed by atoms with Gasteiger partial charge in [0.2, 0.25) is 0 Å². The second-order valence-electron chi connectivity index (χ2n) is 8.23. The summed E-state index contributed by atoms with van der Waals surface area (Å²) in [5, 5.41) is 4.39. The van der Waals surface area contributed by atoms with Crippen molar-refractivity contribution in [2.75, 3.05) is 17.2 Å². The number of benzene rings is 1. The Morgan fingerprint density at radius 2 is 1.86 bits per heavy atom. The van der Waals surface area contributed by atoms with Gasteiger partial charge in [0, 0.05) is 24.0 Å². The number of imidazole rings is 1. The van der Waals surface area contributed by atoms with Crippen LogP contribution in [0.4, 0.5) is 24.7 Å². The number of nitrogens with one attached hydrogen (secondary N) is 1. The molecule has 3 aromatic heterocycles. The molecule has 1 aliphatic rings. The zero-order chi connectivity index (χ0) is 24.2. The maximum absolute atomic E-state index is 13.5. The molecule has 1 aromatic carbocycles. The molecule has 0 fully saturated rings. The summed E-state index contributed by atoms with van der Waals surface area (Å²) in [6.45, 7) is 3.57. The highest BCUT2D eigenvalue weighted by molar-refractivity contribution is 7.59. The van der Waals surface area contributed by atoms with Crippen LogP contribution in [0.15, 0.2) is 48.9 Å². The molecule has 0 bridgehead atoms. The molecule has 0 unspecified atom stereocenters. The molecular weight excluding hydrogens is 491 g/mol. The number of pyridine rings is 1. The molecule has 1 aliphatic heterocycles. The summed E-state index contributed by atoms with van der Waals surface area (Å²) in [6.07, 6.45) is 0.325. The molecule has 5 rings (SSSR count). The number of aromatic nitrogens is 5. The largest absolute Gasteiger partial charge is 0.416 e. The monoisotopic (exact) mass is 517 g/mol. The zero-order valence-corrected chi connectivity index (χ0v) is 19.8. The van der Waals surface area contributed by atoms with E-state index in [1.54, 1.807) is 35.4 Å². The predicted molar refractivity (Wildman–Crippen MR) is 137 cm³/mol. The Hall–Kier alpha value is -3.80. The van der Waals surface area contributed by atoms with Crippen LogP contribution in [0.3, 0.4) is 0 Å². The number of hydrogen-bond donors (Lipinski definition) is 2. The minimum Gasteiger partial charge on any atom is -0.384 e. The molecule has 1 atom stereocenters. The third-order valence-electron chi connectivity index (χ3n) is 5.86. The number of rotatable bonds is 3. The standard InChI is InChI=1S/C23H20F3N7O.CH4.H2S/c1-12-7-15(4-5-17(12)23(24,25)26)32-11-13(2)33-20(22(32)34)16(9-30-33)18-10-29-21(31-18)14-3-6-19(27)28-8-14;;/h3-10,13H,11H2,1-2H3,(H2,27,28)(H,29,31);1H4;1H2/t13-;;/m0../s1. The van der Waals surface area contributed by atoms with Crippen molar-refractivity contribution in [3.63, 3.8) is 0 Å². The first kappa shape index (κ1) is 26.8. The summed E-state index contributed by atoms with van der Waals surface area (Å²) in [5.74, 6) is 0.587. The molecule has 36 heavy (non-hydrogen) atoms. The molecule has 12 heteroatoms. The van der Waals surface area contributed by atoms with Gasteiger partial charge < -0.3 is 15.6 Å². The van der Waals surface area contributed by atoms with Crippen molar-refractivity contribution in [1.29, 1.82) is 0 Å². The number of H-pyrrole nitrogens is 1. The molecule has 0 radical (unpaired) electrons. The lowest BCUT2D eigenvalue weighted by Gasteiger charge is -2.32. The highest BCUT2D eigenvalue weighted by atomic mass is 32.1. The van der Waals surface area contributed by atoms with Gasteiger partial charge in [-0.15, -0.1) is 0 Å². The van der Waals surface area contributed by atoms with Gasteiger partial charge in [-0.1, -0.05) is 7.43 Å². The van der Waals surface area contributed by atoms with Crippen LogP contribution >= 0.6 is 13.5 Å². The molecule has 0 aliphatic carbocycles. The Morgan fingerprint density at radius 1 is 1.11 bits per heavy atom. The summed E-state index contributed by atoms with van der Waals surface area (Å²) in [7, 11) is 0. The van der Waals surface area contributed by atoms with E-state index in [1.165, 1.54) is 24.0 Å². The van der Waals surface area contributed by atoms with Gasteiger partial charge in [0.25, 0.3) is 5.91 Å². The van der Waals surface area contributed by atoms with Gasteiger partial charge >= 0.3 is 6.18 Å². The predicted octanol–water partition coefficient (Wildman–Crippen LogP) is 5.21. The molecule has 3 N–H and O–H groups in total. The Balaban J connectivity index is 0.00000180. The minimum absolute atomic E-state index is 0. The fraction of sp³-hybridized carbons (Fsp3) is 0.250. The van der Waals surface area contributed by atoms with E-state index in [1.807, 2.05) is 6.92 Å². The Labute approximate surface area is 212 Å². The average Bonchev–Trinajstić information content (AvgIpc) is 3.43. The van der Waals surface area contributed by atoms with Crippen molar-refractivity contribution < 1.29 is 18.0 Å². The SMILES string of the molecule is C.Cc1cc(N2C[C@H](C)n3ncc(-c4cnc(-c5ccc(N)nc5)[nH]4)c3C2=O)ccc1C(F)(F)F.S. The maximum Gasteiger partial charge on any atom is 0.416 e. The molecule has 190 valence electrons. The van der Waals surface area contributed by atoms with E-state index < -0.39 is 11.7 Å². The van der Waals surface area contributed by atoms with Gasteiger partial charge in [0.1, 0.15) is 17.3 Å².